The second-order valence-electron chi connectivity index (χ2n) is 4.15. The zero-order chi connectivity index (χ0) is 11.7. The minimum absolute atomic E-state index is 0.821. The number of fused-ring (bicyclic) bond motifs is 1. The average molecular weight is 218 g/mol. The van der Waals surface area contributed by atoms with Crippen LogP contribution in [0.4, 0.5) is 0 Å². The van der Waals surface area contributed by atoms with Crippen molar-refractivity contribution in [1.29, 1.82) is 0 Å². The van der Waals surface area contributed by atoms with Gasteiger partial charge in [-0.2, -0.15) is 0 Å². The Balaban J connectivity index is 2.54. The molecule has 0 aromatic heterocycles. The van der Waals surface area contributed by atoms with E-state index in [1.54, 1.807) is 14.2 Å². The Hall–Kier alpha value is -1.44. The van der Waals surface area contributed by atoms with Crippen LogP contribution in [0.3, 0.4) is 0 Å². The molecule has 2 nitrogen and oxygen atoms in total. The lowest BCUT2D eigenvalue weighted by atomic mass is 10.0. The molecule has 0 N–H and O–H groups in total. The van der Waals surface area contributed by atoms with Crippen molar-refractivity contribution in [3.05, 3.63) is 28.8 Å². The lowest BCUT2D eigenvalue weighted by Gasteiger charge is -2.11. The lowest BCUT2D eigenvalue weighted by molar-refractivity contribution is 0.354. The molecule has 86 valence electrons. The van der Waals surface area contributed by atoms with Gasteiger partial charge in [0.15, 0.2) is 11.5 Å². The predicted octanol–water partition coefficient (Wildman–Crippen LogP) is 3.44. The number of hydrogen-bond donors (Lipinski definition) is 0. The zero-order valence-electron chi connectivity index (χ0n) is 10.4. The van der Waals surface area contributed by atoms with Gasteiger partial charge < -0.3 is 9.47 Å². The van der Waals surface area contributed by atoms with Gasteiger partial charge in [0.1, 0.15) is 0 Å². The number of ether oxygens (including phenoxy) is 2. The van der Waals surface area contributed by atoms with E-state index in [2.05, 4.69) is 26.0 Å². The van der Waals surface area contributed by atoms with Crippen molar-refractivity contribution >= 4 is 5.57 Å². The van der Waals surface area contributed by atoms with Crippen LogP contribution in [0.1, 0.15) is 31.4 Å². The second-order valence-corrected chi connectivity index (χ2v) is 4.15. The first-order valence-corrected chi connectivity index (χ1v) is 5.65. The summed E-state index contributed by atoms with van der Waals surface area (Å²) in [4.78, 5) is 0. The molecule has 1 aromatic carbocycles. The van der Waals surface area contributed by atoms with E-state index in [0.29, 0.717) is 0 Å². The van der Waals surface area contributed by atoms with Crippen LogP contribution in [0.5, 0.6) is 11.5 Å². The SMILES string of the molecule is CCC1=C(C)Cc2cc(OC)c(OC)cc21. The first kappa shape index (κ1) is 11.1. The summed E-state index contributed by atoms with van der Waals surface area (Å²) in [5, 5.41) is 0. The van der Waals surface area contributed by atoms with Gasteiger partial charge in [-0.3, -0.25) is 0 Å². The fourth-order valence-electron chi connectivity index (χ4n) is 2.46. The molecule has 0 spiro atoms. The molecular formula is C14H18O2. The fourth-order valence-corrected chi connectivity index (χ4v) is 2.46. The summed E-state index contributed by atoms with van der Waals surface area (Å²) in [6.45, 7) is 4.41. The van der Waals surface area contributed by atoms with E-state index in [0.717, 1.165) is 24.3 Å². The van der Waals surface area contributed by atoms with Gasteiger partial charge in [0, 0.05) is 0 Å². The Morgan fingerprint density at radius 2 is 1.75 bits per heavy atom. The maximum absolute atomic E-state index is 5.34. The molecule has 0 aliphatic heterocycles. The van der Waals surface area contributed by atoms with Crippen LogP contribution in [0, 0.1) is 0 Å². The van der Waals surface area contributed by atoms with Gasteiger partial charge in [0.25, 0.3) is 0 Å². The van der Waals surface area contributed by atoms with Crippen LogP contribution < -0.4 is 9.47 Å². The van der Waals surface area contributed by atoms with E-state index in [4.69, 9.17) is 9.47 Å². The highest BCUT2D eigenvalue weighted by atomic mass is 16.5. The molecule has 1 aromatic rings. The monoisotopic (exact) mass is 218 g/mol. The molecule has 2 rings (SSSR count). The lowest BCUT2D eigenvalue weighted by Crippen LogP contribution is -1.94. The molecule has 0 saturated heterocycles. The molecule has 0 atom stereocenters. The number of rotatable bonds is 3. The Labute approximate surface area is 96.9 Å². The van der Waals surface area contributed by atoms with Crippen LogP contribution in [-0.2, 0) is 6.42 Å². The summed E-state index contributed by atoms with van der Waals surface area (Å²) in [5.74, 6) is 1.65. The maximum Gasteiger partial charge on any atom is 0.161 e. The molecule has 1 aliphatic rings. The van der Waals surface area contributed by atoms with E-state index >= 15 is 0 Å². The standard InChI is InChI=1S/C14H18O2/c1-5-11-9(2)6-10-7-13(15-3)14(16-4)8-12(10)11/h7-8H,5-6H2,1-4H3. The summed E-state index contributed by atoms with van der Waals surface area (Å²) >= 11 is 0. The van der Waals surface area contributed by atoms with Gasteiger partial charge in [-0.25, -0.2) is 0 Å². The van der Waals surface area contributed by atoms with Gasteiger partial charge >= 0.3 is 0 Å². The molecule has 0 unspecified atom stereocenters. The van der Waals surface area contributed by atoms with E-state index in [1.165, 1.54) is 22.3 Å². The van der Waals surface area contributed by atoms with E-state index in [-0.39, 0.29) is 0 Å². The molecule has 0 bridgehead atoms. The highest BCUT2D eigenvalue weighted by Crippen LogP contribution is 2.40. The average Bonchev–Trinajstić information content (AvgIpc) is 2.61. The fraction of sp³-hybridized carbons (Fsp3) is 0.429. The number of benzene rings is 1. The Bertz CT molecular complexity index is 444. The smallest absolute Gasteiger partial charge is 0.161 e. The summed E-state index contributed by atoms with van der Waals surface area (Å²) in [5.41, 5.74) is 5.61. The van der Waals surface area contributed by atoms with Crippen LogP contribution in [0.2, 0.25) is 0 Å². The number of allylic oxidation sites excluding steroid dienone is 2. The van der Waals surface area contributed by atoms with Crippen molar-refractivity contribution in [2.75, 3.05) is 14.2 Å². The number of hydrogen-bond acceptors (Lipinski definition) is 2. The minimum atomic E-state index is 0.821. The summed E-state index contributed by atoms with van der Waals surface area (Å²) in [7, 11) is 3.36. The van der Waals surface area contributed by atoms with E-state index in [9.17, 15) is 0 Å². The summed E-state index contributed by atoms with van der Waals surface area (Å²) in [6.07, 6.45) is 2.12. The molecule has 0 radical (unpaired) electrons. The van der Waals surface area contributed by atoms with Crippen LogP contribution in [0.15, 0.2) is 17.7 Å². The number of methoxy groups -OCH3 is 2. The molecule has 2 heteroatoms. The van der Waals surface area contributed by atoms with Crippen molar-refractivity contribution in [1.82, 2.24) is 0 Å². The molecule has 0 amide bonds. The van der Waals surface area contributed by atoms with Crippen molar-refractivity contribution in [2.45, 2.75) is 26.7 Å². The van der Waals surface area contributed by atoms with Gasteiger partial charge in [0.05, 0.1) is 14.2 Å². The molecule has 0 saturated carbocycles. The van der Waals surface area contributed by atoms with Crippen molar-refractivity contribution < 1.29 is 9.47 Å². The zero-order valence-corrected chi connectivity index (χ0v) is 10.4. The summed E-state index contributed by atoms with van der Waals surface area (Å²) < 4.78 is 10.7. The topological polar surface area (TPSA) is 18.5 Å². The molecule has 0 heterocycles. The first-order chi connectivity index (χ1) is 7.71. The Morgan fingerprint density at radius 3 is 2.31 bits per heavy atom. The van der Waals surface area contributed by atoms with Crippen molar-refractivity contribution in [3.8, 4) is 11.5 Å². The highest BCUT2D eigenvalue weighted by Gasteiger charge is 2.20. The largest absolute Gasteiger partial charge is 0.493 e. The predicted molar refractivity (Wildman–Crippen MR) is 66.1 cm³/mol. The third kappa shape index (κ3) is 1.58. The molecule has 16 heavy (non-hydrogen) atoms. The van der Waals surface area contributed by atoms with Crippen molar-refractivity contribution in [2.24, 2.45) is 0 Å². The second kappa shape index (κ2) is 4.20. The molecular weight excluding hydrogens is 200 g/mol. The molecule has 1 aliphatic carbocycles. The highest BCUT2D eigenvalue weighted by molar-refractivity contribution is 5.78. The van der Waals surface area contributed by atoms with Gasteiger partial charge in [-0.1, -0.05) is 12.5 Å². The van der Waals surface area contributed by atoms with Crippen LogP contribution in [-0.4, -0.2) is 14.2 Å². The third-order valence-electron chi connectivity index (χ3n) is 3.26. The van der Waals surface area contributed by atoms with Gasteiger partial charge in [-0.15, -0.1) is 0 Å². The normalized spacial score (nSPS) is 14.0. The van der Waals surface area contributed by atoms with Gasteiger partial charge in [-0.05, 0) is 48.6 Å². The van der Waals surface area contributed by atoms with Crippen LogP contribution in [0.25, 0.3) is 5.57 Å². The van der Waals surface area contributed by atoms with Crippen molar-refractivity contribution in [3.63, 3.8) is 0 Å². The van der Waals surface area contributed by atoms with E-state index in [1.807, 2.05) is 0 Å². The van der Waals surface area contributed by atoms with Gasteiger partial charge in [0.2, 0.25) is 0 Å². The Morgan fingerprint density at radius 1 is 1.12 bits per heavy atom. The first-order valence-electron chi connectivity index (χ1n) is 5.65. The molecule has 0 fully saturated rings. The maximum atomic E-state index is 5.34. The summed E-state index contributed by atoms with van der Waals surface area (Å²) in [6, 6.07) is 4.20. The van der Waals surface area contributed by atoms with E-state index < -0.39 is 0 Å². The van der Waals surface area contributed by atoms with Crippen LogP contribution >= 0.6 is 0 Å². The quantitative estimate of drug-likeness (QED) is 0.773. The Kier molecular flexibility index (Phi) is 2.90. The third-order valence-corrected chi connectivity index (χ3v) is 3.26. The minimum Gasteiger partial charge on any atom is -0.493 e.